The predicted octanol–water partition coefficient (Wildman–Crippen LogP) is 3.93. The summed E-state index contributed by atoms with van der Waals surface area (Å²) in [6.45, 7) is 3.44. The molecule has 0 saturated carbocycles. The van der Waals surface area contributed by atoms with Gasteiger partial charge in [0.15, 0.2) is 0 Å². The van der Waals surface area contributed by atoms with Crippen molar-refractivity contribution >= 4 is 21.4 Å². The number of hydrogen-bond acceptors (Lipinski definition) is 3. The maximum Gasteiger partial charge on any atom is 0.262 e. The molecule has 0 unspecified atom stereocenters. The highest BCUT2D eigenvalue weighted by Crippen LogP contribution is 2.30. The Labute approximate surface area is 142 Å². The molecule has 0 aromatic heterocycles. The Balaban J connectivity index is 1.93. The fourth-order valence-electron chi connectivity index (χ4n) is 3.08. The number of para-hydroxylation sites is 2. The van der Waals surface area contributed by atoms with Crippen LogP contribution in [-0.4, -0.2) is 21.5 Å². The number of sulfonamides is 1. The third kappa shape index (κ3) is 3.53. The number of aryl methyl sites for hydroxylation is 1. The van der Waals surface area contributed by atoms with Crippen LogP contribution in [0, 0.1) is 12.7 Å². The summed E-state index contributed by atoms with van der Waals surface area (Å²) in [7, 11) is -3.77. The van der Waals surface area contributed by atoms with Crippen LogP contribution in [0.3, 0.4) is 0 Å². The molecule has 1 heterocycles. The Morgan fingerprint density at radius 3 is 2.46 bits per heavy atom. The maximum absolute atomic E-state index is 13.2. The number of hydrogen-bond donors (Lipinski definition) is 1. The molecule has 128 valence electrons. The van der Waals surface area contributed by atoms with Crippen LogP contribution in [0.1, 0.15) is 24.8 Å². The summed E-state index contributed by atoms with van der Waals surface area (Å²) in [5.74, 6) is -0.444. The van der Waals surface area contributed by atoms with Crippen LogP contribution in [0.5, 0.6) is 0 Å². The van der Waals surface area contributed by atoms with E-state index in [1.165, 1.54) is 18.6 Å². The van der Waals surface area contributed by atoms with Gasteiger partial charge in [0.05, 0.1) is 16.3 Å². The van der Waals surface area contributed by atoms with Crippen molar-refractivity contribution in [3.8, 4) is 0 Å². The van der Waals surface area contributed by atoms with E-state index in [2.05, 4.69) is 9.62 Å². The van der Waals surface area contributed by atoms with Crippen molar-refractivity contribution in [2.45, 2.75) is 31.1 Å². The molecule has 1 aliphatic rings. The molecule has 0 amide bonds. The summed E-state index contributed by atoms with van der Waals surface area (Å²) >= 11 is 0. The van der Waals surface area contributed by atoms with Gasteiger partial charge >= 0.3 is 0 Å². The molecule has 1 saturated heterocycles. The summed E-state index contributed by atoms with van der Waals surface area (Å²) < 4.78 is 41.3. The topological polar surface area (TPSA) is 49.4 Å². The van der Waals surface area contributed by atoms with Crippen molar-refractivity contribution in [1.82, 2.24) is 0 Å². The Morgan fingerprint density at radius 1 is 1.04 bits per heavy atom. The monoisotopic (exact) mass is 348 g/mol. The first-order valence-corrected chi connectivity index (χ1v) is 9.59. The number of piperidine rings is 1. The molecule has 0 spiro atoms. The highest BCUT2D eigenvalue weighted by atomic mass is 32.2. The molecule has 2 aromatic carbocycles. The van der Waals surface area contributed by atoms with Crippen molar-refractivity contribution in [3.05, 3.63) is 53.8 Å². The lowest BCUT2D eigenvalue weighted by Gasteiger charge is -2.30. The van der Waals surface area contributed by atoms with Crippen molar-refractivity contribution in [3.63, 3.8) is 0 Å². The van der Waals surface area contributed by atoms with E-state index in [4.69, 9.17) is 0 Å². The van der Waals surface area contributed by atoms with Crippen molar-refractivity contribution < 1.29 is 12.8 Å². The zero-order chi connectivity index (χ0) is 17.2. The third-order valence-electron chi connectivity index (χ3n) is 4.27. The van der Waals surface area contributed by atoms with Gasteiger partial charge in [0.25, 0.3) is 10.0 Å². The smallest absolute Gasteiger partial charge is 0.262 e. The summed E-state index contributed by atoms with van der Waals surface area (Å²) in [5, 5.41) is 0. The Morgan fingerprint density at radius 2 is 1.75 bits per heavy atom. The highest BCUT2D eigenvalue weighted by molar-refractivity contribution is 7.92. The van der Waals surface area contributed by atoms with Crippen LogP contribution < -0.4 is 9.62 Å². The van der Waals surface area contributed by atoms with E-state index in [-0.39, 0.29) is 4.90 Å². The summed E-state index contributed by atoms with van der Waals surface area (Å²) in [4.78, 5) is 2.30. The highest BCUT2D eigenvalue weighted by Gasteiger charge is 2.21. The quantitative estimate of drug-likeness (QED) is 0.911. The number of anilines is 2. The first-order chi connectivity index (χ1) is 11.5. The largest absolute Gasteiger partial charge is 0.370 e. The lowest BCUT2D eigenvalue weighted by Crippen LogP contribution is -2.30. The SMILES string of the molecule is Cc1cc(F)ccc1S(=O)(=O)Nc1ccccc1N1CCCCC1. The van der Waals surface area contributed by atoms with Crippen LogP contribution >= 0.6 is 0 Å². The van der Waals surface area contributed by atoms with Crippen LogP contribution in [0.4, 0.5) is 15.8 Å². The molecule has 24 heavy (non-hydrogen) atoms. The van der Waals surface area contributed by atoms with E-state index in [1.807, 2.05) is 18.2 Å². The average molecular weight is 348 g/mol. The molecule has 0 radical (unpaired) electrons. The van der Waals surface area contributed by atoms with Gasteiger partial charge in [0.2, 0.25) is 0 Å². The van der Waals surface area contributed by atoms with E-state index in [0.717, 1.165) is 37.7 Å². The zero-order valence-corrected chi connectivity index (χ0v) is 14.4. The van der Waals surface area contributed by atoms with E-state index in [1.54, 1.807) is 13.0 Å². The standard InChI is InChI=1S/C18H21FN2O2S/c1-14-13-15(19)9-10-18(14)24(22,23)20-16-7-3-4-8-17(16)21-11-5-2-6-12-21/h3-4,7-10,13,20H,2,5-6,11-12H2,1H3. The number of nitrogens with zero attached hydrogens (tertiary/aromatic N) is 1. The van der Waals surface area contributed by atoms with Crippen molar-refractivity contribution in [2.24, 2.45) is 0 Å². The van der Waals surface area contributed by atoms with Gasteiger partial charge in [-0.05, 0) is 62.1 Å². The molecule has 2 aromatic rings. The predicted molar refractivity (Wildman–Crippen MR) is 94.5 cm³/mol. The number of benzene rings is 2. The minimum absolute atomic E-state index is 0.0948. The van der Waals surface area contributed by atoms with Gasteiger partial charge in [-0.15, -0.1) is 0 Å². The molecule has 0 aliphatic carbocycles. The van der Waals surface area contributed by atoms with Gasteiger partial charge in [-0.25, -0.2) is 12.8 Å². The number of halogens is 1. The summed E-state index contributed by atoms with van der Waals surface area (Å²) in [5.41, 5.74) is 1.83. The molecule has 1 fully saturated rings. The second-order valence-corrected chi connectivity index (χ2v) is 7.73. The fraction of sp³-hybridized carbons (Fsp3) is 0.333. The van der Waals surface area contributed by atoms with Crippen LogP contribution in [0.2, 0.25) is 0 Å². The van der Waals surface area contributed by atoms with Gasteiger partial charge in [-0.1, -0.05) is 12.1 Å². The lowest BCUT2D eigenvalue weighted by molar-refractivity contribution is 0.578. The molecular weight excluding hydrogens is 327 g/mol. The Hall–Kier alpha value is -2.08. The van der Waals surface area contributed by atoms with Crippen LogP contribution in [0.25, 0.3) is 0 Å². The van der Waals surface area contributed by atoms with E-state index in [0.29, 0.717) is 11.3 Å². The maximum atomic E-state index is 13.2. The van der Waals surface area contributed by atoms with Gasteiger partial charge in [-0.2, -0.15) is 0 Å². The molecule has 4 nitrogen and oxygen atoms in total. The Bertz CT molecular complexity index is 831. The molecule has 1 aliphatic heterocycles. The molecule has 0 bridgehead atoms. The second kappa shape index (κ2) is 6.81. The second-order valence-electron chi connectivity index (χ2n) is 6.08. The number of rotatable bonds is 4. The van der Waals surface area contributed by atoms with E-state index >= 15 is 0 Å². The van der Waals surface area contributed by atoms with Crippen molar-refractivity contribution in [1.29, 1.82) is 0 Å². The van der Waals surface area contributed by atoms with Gasteiger partial charge in [0, 0.05) is 13.1 Å². The Kier molecular flexibility index (Phi) is 4.76. The van der Waals surface area contributed by atoms with Crippen molar-refractivity contribution in [2.75, 3.05) is 22.7 Å². The van der Waals surface area contributed by atoms with E-state index in [9.17, 15) is 12.8 Å². The fourth-order valence-corrected chi connectivity index (χ4v) is 4.39. The molecule has 1 N–H and O–H groups in total. The van der Waals surface area contributed by atoms with Gasteiger partial charge < -0.3 is 4.90 Å². The summed E-state index contributed by atoms with van der Waals surface area (Å²) in [6.07, 6.45) is 3.43. The third-order valence-corrected chi connectivity index (χ3v) is 5.80. The molecule has 3 rings (SSSR count). The lowest BCUT2D eigenvalue weighted by atomic mass is 10.1. The summed E-state index contributed by atoms with van der Waals surface area (Å²) in [6, 6.07) is 11.1. The normalized spacial score (nSPS) is 15.3. The van der Waals surface area contributed by atoms with Crippen LogP contribution in [0.15, 0.2) is 47.4 Å². The molecular formula is C18H21FN2O2S. The van der Waals surface area contributed by atoms with Gasteiger partial charge in [-0.3, -0.25) is 4.72 Å². The first-order valence-electron chi connectivity index (χ1n) is 8.10. The van der Waals surface area contributed by atoms with Crippen LogP contribution in [-0.2, 0) is 10.0 Å². The minimum atomic E-state index is -3.77. The number of nitrogens with one attached hydrogen (secondary N) is 1. The van der Waals surface area contributed by atoms with E-state index < -0.39 is 15.8 Å². The zero-order valence-electron chi connectivity index (χ0n) is 13.6. The van der Waals surface area contributed by atoms with Gasteiger partial charge in [0.1, 0.15) is 5.82 Å². The molecule has 6 heteroatoms. The minimum Gasteiger partial charge on any atom is -0.370 e. The average Bonchev–Trinajstić information content (AvgIpc) is 2.55. The molecule has 0 atom stereocenters. The first kappa shape index (κ1) is 16.8.